The number of anilines is 1. The molecule has 1 aromatic carbocycles. The number of nitrogen functional groups attached to an aromatic ring is 1. The summed E-state index contributed by atoms with van der Waals surface area (Å²) in [7, 11) is 3.44. The number of fused-ring (bicyclic) bond motifs is 1. The fraction of sp³-hybridized carbons (Fsp3) is 0.357. The molecule has 5 heteroatoms. The third kappa shape index (κ3) is 2.88. The number of nitrogens with zero attached hydrogens (tertiary/aromatic N) is 1. The number of aromatic nitrogens is 1. The molecule has 0 radical (unpaired) electrons. The van der Waals surface area contributed by atoms with Crippen LogP contribution < -0.4 is 5.73 Å². The molecule has 19 heavy (non-hydrogen) atoms. The van der Waals surface area contributed by atoms with Crippen LogP contribution in [0.4, 0.5) is 5.69 Å². The van der Waals surface area contributed by atoms with Crippen molar-refractivity contribution in [2.24, 2.45) is 0 Å². The maximum Gasteiger partial charge on any atom is 0.270 e. The zero-order chi connectivity index (χ0) is 13.8. The molecule has 5 nitrogen and oxygen atoms in total. The Hall–Kier alpha value is -2.01. The highest BCUT2D eigenvalue weighted by molar-refractivity contribution is 6.00. The van der Waals surface area contributed by atoms with Crippen LogP contribution in [0.25, 0.3) is 10.9 Å². The van der Waals surface area contributed by atoms with Gasteiger partial charge in [-0.1, -0.05) is 12.1 Å². The van der Waals surface area contributed by atoms with Crippen molar-refractivity contribution in [1.82, 2.24) is 9.88 Å². The Kier molecular flexibility index (Phi) is 4.06. The summed E-state index contributed by atoms with van der Waals surface area (Å²) in [5.41, 5.74) is 7.90. The van der Waals surface area contributed by atoms with E-state index in [9.17, 15) is 4.79 Å². The molecule has 102 valence electrons. The van der Waals surface area contributed by atoms with E-state index in [1.165, 1.54) is 0 Å². The molecular formula is C14H19N3O2. The Balaban J connectivity index is 2.15. The van der Waals surface area contributed by atoms with Gasteiger partial charge in [0.2, 0.25) is 0 Å². The van der Waals surface area contributed by atoms with E-state index in [1.54, 1.807) is 19.1 Å². The molecule has 1 heterocycles. The molecule has 0 spiro atoms. The summed E-state index contributed by atoms with van der Waals surface area (Å²) in [6.07, 6.45) is 0.821. The molecule has 0 saturated heterocycles. The van der Waals surface area contributed by atoms with Gasteiger partial charge in [0.05, 0.1) is 11.2 Å². The zero-order valence-electron chi connectivity index (χ0n) is 11.3. The summed E-state index contributed by atoms with van der Waals surface area (Å²) < 4.78 is 4.98. The second-order valence-electron chi connectivity index (χ2n) is 4.57. The first kappa shape index (κ1) is 13.4. The minimum absolute atomic E-state index is 0.0355. The largest absolute Gasteiger partial charge is 0.397 e. The molecule has 2 rings (SSSR count). The summed E-state index contributed by atoms with van der Waals surface area (Å²) in [5.74, 6) is -0.0355. The van der Waals surface area contributed by atoms with Gasteiger partial charge in [-0.3, -0.25) is 4.79 Å². The summed E-state index contributed by atoms with van der Waals surface area (Å²) in [6.45, 7) is 1.31. The van der Waals surface area contributed by atoms with Gasteiger partial charge in [0.15, 0.2) is 0 Å². The van der Waals surface area contributed by atoms with Crippen molar-refractivity contribution < 1.29 is 9.53 Å². The highest BCUT2D eigenvalue weighted by Gasteiger charge is 2.14. The number of aromatic amines is 1. The van der Waals surface area contributed by atoms with E-state index in [-0.39, 0.29) is 5.91 Å². The predicted molar refractivity (Wildman–Crippen MR) is 76.2 cm³/mol. The maximum atomic E-state index is 12.2. The van der Waals surface area contributed by atoms with Crippen molar-refractivity contribution in [3.05, 3.63) is 30.0 Å². The number of nitrogens with one attached hydrogen (secondary N) is 1. The highest BCUT2D eigenvalue weighted by Crippen LogP contribution is 2.21. The highest BCUT2D eigenvalue weighted by atomic mass is 16.5. The van der Waals surface area contributed by atoms with E-state index in [0.717, 1.165) is 17.3 Å². The molecule has 0 aliphatic rings. The molecule has 0 unspecified atom stereocenters. The predicted octanol–water partition coefficient (Wildman–Crippen LogP) is 1.86. The minimum atomic E-state index is -0.0355. The average molecular weight is 261 g/mol. The molecular weight excluding hydrogens is 242 g/mol. The van der Waals surface area contributed by atoms with E-state index in [4.69, 9.17) is 10.5 Å². The number of hydrogen-bond acceptors (Lipinski definition) is 3. The van der Waals surface area contributed by atoms with Crippen LogP contribution in [0.2, 0.25) is 0 Å². The molecule has 0 fully saturated rings. The number of carbonyl (C=O) groups is 1. The molecule has 0 aliphatic carbocycles. The molecule has 1 amide bonds. The fourth-order valence-corrected chi connectivity index (χ4v) is 2.05. The lowest BCUT2D eigenvalue weighted by atomic mass is 10.2. The normalized spacial score (nSPS) is 10.8. The van der Waals surface area contributed by atoms with Crippen molar-refractivity contribution >= 4 is 22.5 Å². The van der Waals surface area contributed by atoms with Crippen molar-refractivity contribution in [3.8, 4) is 0 Å². The van der Waals surface area contributed by atoms with Crippen LogP contribution in [-0.4, -0.2) is 43.1 Å². The van der Waals surface area contributed by atoms with Crippen molar-refractivity contribution in [2.75, 3.05) is 33.0 Å². The smallest absolute Gasteiger partial charge is 0.270 e. The molecule has 0 aliphatic heterocycles. The number of ether oxygens (including phenoxy) is 1. The third-order valence-corrected chi connectivity index (χ3v) is 3.11. The first-order valence-electron chi connectivity index (χ1n) is 6.25. The zero-order valence-corrected chi connectivity index (χ0v) is 11.3. The first-order chi connectivity index (χ1) is 9.13. The van der Waals surface area contributed by atoms with Crippen molar-refractivity contribution in [3.63, 3.8) is 0 Å². The van der Waals surface area contributed by atoms with E-state index in [2.05, 4.69) is 4.98 Å². The Labute approximate surface area is 112 Å². The van der Waals surface area contributed by atoms with Crippen LogP contribution in [0.15, 0.2) is 24.3 Å². The van der Waals surface area contributed by atoms with Gasteiger partial charge in [-0.2, -0.15) is 0 Å². The van der Waals surface area contributed by atoms with Crippen LogP contribution in [0.5, 0.6) is 0 Å². The number of carbonyl (C=O) groups excluding carboxylic acids is 1. The monoisotopic (exact) mass is 261 g/mol. The molecule has 0 bridgehead atoms. The van der Waals surface area contributed by atoms with Gasteiger partial charge in [-0.25, -0.2) is 0 Å². The minimum Gasteiger partial charge on any atom is -0.397 e. The number of para-hydroxylation sites is 1. The maximum absolute atomic E-state index is 12.2. The quantitative estimate of drug-likeness (QED) is 0.637. The van der Waals surface area contributed by atoms with E-state index in [0.29, 0.717) is 24.5 Å². The summed E-state index contributed by atoms with van der Waals surface area (Å²) in [6, 6.07) is 7.46. The third-order valence-electron chi connectivity index (χ3n) is 3.11. The molecule has 3 N–H and O–H groups in total. The summed E-state index contributed by atoms with van der Waals surface area (Å²) in [4.78, 5) is 17.0. The van der Waals surface area contributed by atoms with Gasteiger partial charge in [-0.15, -0.1) is 0 Å². The fourth-order valence-electron chi connectivity index (χ4n) is 2.05. The van der Waals surface area contributed by atoms with Crippen LogP contribution in [-0.2, 0) is 4.74 Å². The second kappa shape index (κ2) is 5.75. The molecule has 1 aromatic heterocycles. The topological polar surface area (TPSA) is 71.3 Å². The number of H-pyrrole nitrogens is 1. The van der Waals surface area contributed by atoms with E-state index in [1.807, 2.05) is 24.3 Å². The number of amides is 1. The van der Waals surface area contributed by atoms with Crippen molar-refractivity contribution in [2.45, 2.75) is 6.42 Å². The second-order valence-corrected chi connectivity index (χ2v) is 4.57. The molecule has 0 saturated carbocycles. The number of benzene rings is 1. The van der Waals surface area contributed by atoms with Gasteiger partial charge < -0.3 is 20.4 Å². The lowest BCUT2D eigenvalue weighted by Gasteiger charge is -2.15. The summed E-state index contributed by atoms with van der Waals surface area (Å²) >= 11 is 0. The lowest BCUT2D eigenvalue weighted by molar-refractivity contribution is 0.0774. The van der Waals surface area contributed by atoms with Gasteiger partial charge in [0.1, 0.15) is 5.69 Å². The lowest BCUT2D eigenvalue weighted by Crippen LogP contribution is -2.28. The van der Waals surface area contributed by atoms with Gasteiger partial charge >= 0.3 is 0 Å². The number of nitrogens with two attached hydrogens (primary N) is 1. The van der Waals surface area contributed by atoms with Gasteiger partial charge in [0.25, 0.3) is 5.91 Å². The Morgan fingerprint density at radius 3 is 2.95 bits per heavy atom. The number of rotatable bonds is 5. The van der Waals surface area contributed by atoms with Crippen LogP contribution in [0, 0.1) is 0 Å². The Morgan fingerprint density at radius 2 is 2.26 bits per heavy atom. The van der Waals surface area contributed by atoms with Gasteiger partial charge in [0, 0.05) is 32.7 Å². The standard InChI is InChI=1S/C14H19N3O2/c1-17(7-4-8-19-2)14(18)12-9-10-5-3-6-11(15)13(10)16-12/h3,5-6,9,16H,4,7-8,15H2,1-2H3. The van der Waals surface area contributed by atoms with E-state index < -0.39 is 0 Å². The van der Waals surface area contributed by atoms with E-state index >= 15 is 0 Å². The SMILES string of the molecule is COCCCN(C)C(=O)c1cc2cccc(N)c2[nH]1. The van der Waals surface area contributed by atoms with Gasteiger partial charge in [-0.05, 0) is 18.6 Å². The van der Waals surface area contributed by atoms with Crippen LogP contribution >= 0.6 is 0 Å². The first-order valence-corrected chi connectivity index (χ1v) is 6.25. The van der Waals surface area contributed by atoms with Crippen LogP contribution in [0.3, 0.4) is 0 Å². The number of hydrogen-bond donors (Lipinski definition) is 2. The molecule has 2 aromatic rings. The molecule has 0 atom stereocenters. The number of methoxy groups -OCH3 is 1. The summed E-state index contributed by atoms with van der Waals surface area (Å²) in [5, 5.41) is 0.952. The van der Waals surface area contributed by atoms with Crippen molar-refractivity contribution in [1.29, 1.82) is 0 Å². The van der Waals surface area contributed by atoms with Crippen LogP contribution in [0.1, 0.15) is 16.9 Å². The Morgan fingerprint density at radius 1 is 1.47 bits per heavy atom. The average Bonchev–Trinajstić information content (AvgIpc) is 2.83. The Bertz CT molecular complexity index is 577.